The minimum Gasteiger partial charge on any atom is -0.310 e. The van der Waals surface area contributed by atoms with Crippen molar-refractivity contribution >= 4 is 53.2 Å². The summed E-state index contributed by atoms with van der Waals surface area (Å²) in [6.07, 6.45) is 2.17. The van der Waals surface area contributed by atoms with Crippen LogP contribution >= 0.6 is 36.4 Å². The zero-order valence-corrected chi connectivity index (χ0v) is 18.5. The minimum absolute atomic E-state index is 0. The molecule has 2 aromatic heterocycles. The van der Waals surface area contributed by atoms with E-state index in [9.17, 15) is 0 Å². The molecule has 4 aromatic rings. The highest BCUT2D eigenvalue weighted by molar-refractivity contribution is 6.30. The molecule has 0 unspecified atom stereocenters. The Balaban J connectivity index is 0.00000140. The van der Waals surface area contributed by atoms with Gasteiger partial charge in [-0.25, -0.2) is 4.98 Å². The van der Waals surface area contributed by atoms with Crippen molar-refractivity contribution in [1.82, 2.24) is 19.3 Å². The second-order valence-electron chi connectivity index (χ2n) is 7.62. The highest BCUT2D eigenvalue weighted by atomic mass is 35.5. The van der Waals surface area contributed by atoms with Gasteiger partial charge in [-0.05, 0) is 50.6 Å². The molecule has 2 aromatic carbocycles. The number of hydrogen-bond acceptors (Lipinski definition) is 2. The van der Waals surface area contributed by atoms with Crippen molar-refractivity contribution in [2.75, 3.05) is 6.54 Å². The SMILES string of the molecule is CC(C)(C)NCCn1c(-c2ccc(Cl)cc2)cn2c3ccccc3nc12.Cl.Cl. The molecule has 28 heavy (non-hydrogen) atoms. The number of benzene rings is 2. The van der Waals surface area contributed by atoms with Gasteiger partial charge in [-0.1, -0.05) is 35.9 Å². The molecule has 7 heteroatoms. The molecule has 0 radical (unpaired) electrons. The molecule has 0 saturated heterocycles. The van der Waals surface area contributed by atoms with Crippen LogP contribution in [-0.2, 0) is 6.54 Å². The first-order chi connectivity index (χ1) is 12.4. The Morgan fingerprint density at radius 1 is 1.00 bits per heavy atom. The molecule has 0 aliphatic rings. The van der Waals surface area contributed by atoms with Crippen molar-refractivity contribution in [1.29, 1.82) is 0 Å². The van der Waals surface area contributed by atoms with E-state index in [0.29, 0.717) is 0 Å². The van der Waals surface area contributed by atoms with E-state index in [0.717, 1.165) is 46.2 Å². The predicted octanol–water partition coefficient (Wildman–Crippen LogP) is 5.84. The summed E-state index contributed by atoms with van der Waals surface area (Å²) < 4.78 is 4.46. The standard InChI is InChI=1S/C21H23ClN4.2ClH/c1-21(2,3)23-12-13-25-19(15-8-10-16(22)11-9-15)14-26-18-7-5-4-6-17(18)24-20(25)26;;/h4-11,14,23H,12-13H2,1-3H3;2*1H. The molecule has 0 aliphatic carbocycles. The van der Waals surface area contributed by atoms with Crippen LogP contribution in [-0.4, -0.2) is 26.0 Å². The Hall–Kier alpha value is -1.72. The van der Waals surface area contributed by atoms with Gasteiger partial charge in [0.2, 0.25) is 5.78 Å². The fourth-order valence-corrected chi connectivity index (χ4v) is 3.39. The second-order valence-corrected chi connectivity index (χ2v) is 8.06. The number of hydrogen-bond donors (Lipinski definition) is 1. The first-order valence-electron chi connectivity index (χ1n) is 8.90. The predicted molar refractivity (Wildman–Crippen MR) is 123 cm³/mol. The molecule has 4 rings (SSSR count). The van der Waals surface area contributed by atoms with E-state index in [4.69, 9.17) is 16.6 Å². The van der Waals surface area contributed by atoms with Crippen molar-refractivity contribution in [3.63, 3.8) is 0 Å². The van der Waals surface area contributed by atoms with Crippen LogP contribution in [0.4, 0.5) is 0 Å². The zero-order valence-electron chi connectivity index (χ0n) is 16.1. The van der Waals surface area contributed by atoms with Crippen molar-refractivity contribution in [3.05, 3.63) is 59.8 Å². The largest absolute Gasteiger partial charge is 0.310 e. The third kappa shape index (κ3) is 4.47. The summed E-state index contributed by atoms with van der Waals surface area (Å²) in [7, 11) is 0. The van der Waals surface area contributed by atoms with Crippen LogP contribution in [0, 0.1) is 0 Å². The third-order valence-electron chi connectivity index (χ3n) is 4.49. The normalized spacial score (nSPS) is 11.4. The molecule has 0 amide bonds. The number of nitrogens with one attached hydrogen (secondary N) is 1. The maximum Gasteiger partial charge on any atom is 0.215 e. The maximum atomic E-state index is 6.07. The first kappa shape index (κ1) is 22.6. The number of rotatable bonds is 4. The molecule has 0 bridgehead atoms. The Kier molecular flexibility index (Phi) is 7.05. The van der Waals surface area contributed by atoms with Crippen LogP contribution in [0.25, 0.3) is 28.1 Å². The van der Waals surface area contributed by atoms with Crippen molar-refractivity contribution in [2.45, 2.75) is 32.9 Å². The Bertz CT molecular complexity index is 1060. The van der Waals surface area contributed by atoms with Gasteiger partial charge in [0.25, 0.3) is 0 Å². The van der Waals surface area contributed by atoms with Gasteiger partial charge in [-0.2, -0.15) is 0 Å². The zero-order chi connectivity index (χ0) is 18.3. The van der Waals surface area contributed by atoms with Gasteiger partial charge in [0.15, 0.2) is 0 Å². The molecule has 0 saturated carbocycles. The van der Waals surface area contributed by atoms with Crippen molar-refractivity contribution in [2.24, 2.45) is 0 Å². The van der Waals surface area contributed by atoms with E-state index in [2.05, 4.69) is 71.6 Å². The van der Waals surface area contributed by atoms with Gasteiger partial charge < -0.3 is 9.88 Å². The molecule has 0 atom stereocenters. The maximum absolute atomic E-state index is 6.07. The average Bonchev–Trinajstić information content (AvgIpc) is 3.11. The van der Waals surface area contributed by atoms with Gasteiger partial charge in [0.05, 0.1) is 16.7 Å². The summed E-state index contributed by atoms with van der Waals surface area (Å²) in [6.45, 7) is 8.26. The Morgan fingerprint density at radius 2 is 1.68 bits per heavy atom. The summed E-state index contributed by atoms with van der Waals surface area (Å²) >= 11 is 6.07. The summed E-state index contributed by atoms with van der Waals surface area (Å²) in [5.74, 6) is 0.965. The number of fused-ring (bicyclic) bond motifs is 3. The van der Waals surface area contributed by atoms with Gasteiger partial charge in [-0.15, -0.1) is 24.8 Å². The minimum atomic E-state index is 0. The Morgan fingerprint density at radius 3 is 2.36 bits per heavy atom. The van der Waals surface area contributed by atoms with E-state index in [1.807, 2.05) is 18.2 Å². The first-order valence-corrected chi connectivity index (χ1v) is 9.27. The smallest absolute Gasteiger partial charge is 0.215 e. The van der Waals surface area contributed by atoms with Crippen molar-refractivity contribution in [3.8, 4) is 11.3 Å². The second kappa shape index (κ2) is 8.75. The molecular formula is C21H25Cl3N4. The lowest BCUT2D eigenvalue weighted by molar-refractivity contribution is 0.414. The molecule has 0 aliphatic heterocycles. The van der Waals surface area contributed by atoms with E-state index in [1.165, 1.54) is 0 Å². The number of halogens is 3. The molecule has 4 nitrogen and oxygen atoms in total. The Labute approximate surface area is 182 Å². The number of para-hydroxylation sites is 2. The van der Waals surface area contributed by atoms with Crippen LogP contribution in [0.3, 0.4) is 0 Å². The molecule has 0 fully saturated rings. The quantitative estimate of drug-likeness (QED) is 0.433. The highest BCUT2D eigenvalue weighted by Crippen LogP contribution is 2.27. The lowest BCUT2D eigenvalue weighted by Gasteiger charge is -2.21. The summed E-state index contributed by atoms with van der Waals surface area (Å²) in [4.78, 5) is 4.87. The number of imidazole rings is 2. The van der Waals surface area contributed by atoms with E-state index < -0.39 is 0 Å². The van der Waals surface area contributed by atoms with Crippen LogP contribution < -0.4 is 5.32 Å². The third-order valence-corrected chi connectivity index (χ3v) is 4.74. The molecule has 150 valence electrons. The number of nitrogens with zero attached hydrogens (tertiary/aromatic N) is 3. The van der Waals surface area contributed by atoms with Gasteiger partial charge in [-0.3, -0.25) is 4.40 Å². The topological polar surface area (TPSA) is 34.3 Å². The van der Waals surface area contributed by atoms with E-state index >= 15 is 0 Å². The van der Waals surface area contributed by atoms with E-state index in [-0.39, 0.29) is 30.4 Å². The van der Waals surface area contributed by atoms with Crippen LogP contribution in [0.2, 0.25) is 5.02 Å². The molecule has 1 N–H and O–H groups in total. The van der Waals surface area contributed by atoms with Gasteiger partial charge in [0.1, 0.15) is 0 Å². The van der Waals surface area contributed by atoms with Gasteiger partial charge >= 0.3 is 0 Å². The highest BCUT2D eigenvalue weighted by Gasteiger charge is 2.16. The summed E-state index contributed by atoms with van der Waals surface area (Å²) in [5.41, 5.74) is 4.51. The fourth-order valence-electron chi connectivity index (χ4n) is 3.26. The van der Waals surface area contributed by atoms with E-state index in [1.54, 1.807) is 0 Å². The lowest BCUT2D eigenvalue weighted by Crippen LogP contribution is -2.37. The number of aromatic nitrogens is 3. The van der Waals surface area contributed by atoms with Gasteiger partial charge in [0, 0.05) is 29.8 Å². The monoisotopic (exact) mass is 438 g/mol. The summed E-state index contributed by atoms with van der Waals surface area (Å²) in [6, 6.07) is 16.2. The molecular weight excluding hydrogens is 415 g/mol. The van der Waals surface area contributed by atoms with Crippen LogP contribution in [0.15, 0.2) is 54.7 Å². The fraction of sp³-hybridized carbons (Fsp3) is 0.286. The van der Waals surface area contributed by atoms with Crippen molar-refractivity contribution < 1.29 is 0 Å². The van der Waals surface area contributed by atoms with Crippen LogP contribution in [0.5, 0.6) is 0 Å². The van der Waals surface area contributed by atoms with Crippen LogP contribution in [0.1, 0.15) is 20.8 Å². The average molecular weight is 440 g/mol. The summed E-state index contributed by atoms with van der Waals surface area (Å²) in [5, 5.41) is 4.31. The lowest BCUT2D eigenvalue weighted by atomic mass is 10.1. The molecule has 2 heterocycles. The molecule has 0 spiro atoms.